The topological polar surface area (TPSA) is 30.3 Å². The van der Waals surface area contributed by atoms with E-state index >= 15 is 0 Å². The molecule has 0 amide bonds. The number of nitrogens with zero attached hydrogens (tertiary/aromatic N) is 3. The van der Waals surface area contributed by atoms with E-state index < -0.39 is 195 Å². The molecule has 3 nitrogen and oxygen atoms in total. The van der Waals surface area contributed by atoms with Crippen LogP contribution in [0.5, 0.6) is 0 Å². The van der Waals surface area contributed by atoms with E-state index in [4.69, 9.17) is 5.26 Å². The Morgan fingerprint density at radius 2 is 0.521 bits per heavy atom. The fraction of sp³-hybridized carbons (Fsp3) is 0.295. The Kier molecular flexibility index (Phi) is 20.7. The average Bonchev–Trinajstić information content (AvgIpc) is 3.43. The maximum Gasteiger partial charge on any atom is 2.00 e. The number of benzene rings is 4. The first-order valence-corrected chi connectivity index (χ1v) is 19.2. The van der Waals surface area contributed by atoms with Crippen molar-refractivity contribution in [3.05, 3.63) is 156 Å². The molecule has 0 N–H and O–H groups in total. The van der Waals surface area contributed by atoms with Gasteiger partial charge in [-0.3, -0.25) is 0 Å². The molecule has 0 unspecified atom stereocenters. The summed E-state index contributed by atoms with van der Waals surface area (Å²) in [4.78, 5) is 3.99. The van der Waals surface area contributed by atoms with Crippen LogP contribution in [0, 0.1) is 38.3 Å². The van der Waals surface area contributed by atoms with Gasteiger partial charge in [0.15, 0.2) is 0 Å². The predicted octanol–water partition coefficient (Wildman–Crippen LogP) is 13.7. The number of nitriles is 1. The van der Waals surface area contributed by atoms with Crippen molar-refractivity contribution < 1.29 is 122 Å². The van der Waals surface area contributed by atoms with E-state index in [1.54, 1.807) is 6.07 Å². The van der Waals surface area contributed by atoms with Crippen molar-refractivity contribution in [3.63, 3.8) is 0 Å². The zero-order valence-electron chi connectivity index (χ0n) is 37.2. The van der Waals surface area contributed by atoms with E-state index in [9.17, 15) is 105 Å². The first-order valence-electron chi connectivity index (χ1n) is 19.2. The van der Waals surface area contributed by atoms with Gasteiger partial charge in [0.25, 0.3) is 0 Å². The minimum absolute atomic E-state index is 0. The smallest absolute Gasteiger partial charge is 0.347 e. The molecule has 4 aromatic carbocycles. The van der Waals surface area contributed by atoms with Crippen LogP contribution < -0.4 is 21.9 Å². The van der Waals surface area contributed by atoms with Crippen LogP contribution in [0.2, 0.25) is 0 Å². The molecule has 1 aliphatic heterocycles. The second kappa shape index (κ2) is 23.0. The SMILES string of the molecule is CC#N.CC1=C(C)N(C)[C]N1C.FC(F)(F)c1cc([B-](c2cc(C(F)(F)F)cc(C(F)(F)F)c2)(c2cc(C(F)(F)F)cc(C(F)(F)F)c2)c2cc(C(F)(F)F)cc(C(F)(F)F)c2)cc(C(F)(F)F)c1.[CH2][CH][CH2].[Ni+2]. The zero-order valence-corrected chi connectivity index (χ0v) is 38.2. The minimum atomic E-state index is -6.13. The second-order valence-electron chi connectivity index (χ2n) is 15.1. The van der Waals surface area contributed by atoms with Gasteiger partial charge in [-0.1, -0.05) is 48.5 Å². The quantitative estimate of drug-likeness (QED) is 0.151. The normalized spacial score (nSPS) is 14.0. The van der Waals surface area contributed by atoms with Gasteiger partial charge < -0.3 is 9.80 Å². The second-order valence-corrected chi connectivity index (χ2v) is 15.1. The molecule has 1 aliphatic rings. The molecule has 1 heterocycles. The maximum atomic E-state index is 14.2. The zero-order chi connectivity index (χ0) is 56.3. The summed E-state index contributed by atoms with van der Waals surface area (Å²) in [5, 5.41) is 7.32. The third kappa shape index (κ3) is 16.3. The van der Waals surface area contributed by atoms with Crippen LogP contribution in [0.15, 0.2) is 84.2 Å². The van der Waals surface area contributed by atoms with Gasteiger partial charge in [-0.15, -0.1) is 0 Å². The number of hydrogen-bond acceptors (Lipinski definition) is 3. The average molecular weight is 1130 g/mol. The Labute approximate surface area is 410 Å². The van der Waals surface area contributed by atoms with Crippen LogP contribution in [0.25, 0.3) is 0 Å². The Hall–Kier alpha value is -5.41. The van der Waals surface area contributed by atoms with Gasteiger partial charge in [0.2, 0.25) is 6.67 Å². The van der Waals surface area contributed by atoms with Gasteiger partial charge in [0.1, 0.15) is 6.15 Å². The number of allylic oxidation sites excluding steroid dienone is 2. The maximum absolute atomic E-state index is 14.2. The van der Waals surface area contributed by atoms with Gasteiger partial charge in [0.05, 0.1) is 50.6 Å². The summed E-state index contributed by atoms with van der Waals surface area (Å²) in [7, 11) is 4.00. The molecule has 0 atom stereocenters. The van der Waals surface area contributed by atoms with Crippen molar-refractivity contribution in [2.24, 2.45) is 0 Å². The molecular weight excluding hydrogens is 1100 g/mol. The molecular formula is C44H32BF24N3Ni+. The van der Waals surface area contributed by atoms with Crippen LogP contribution in [-0.2, 0) is 65.9 Å². The standard InChI is InChI=1S/C32H12BF24.C7H12N2.C3H5.C2H3N.Ni/c34-25(35,36)13-1-14(26(37,38)39)6-21(5-13)33(22-7-15(27(40,41)42)2-16(8-22)28(43,44)45,23-9-17(29(46,47)48)3-18(10-23)30(49,50)51)24-11-19(31(52,53)54)4-20(12-24)32(55,56)57;1-6-7(2)9(4)5-8(6)3;1-3-2;1-2-3;/h1-12H;1-4H3;3H,1-2H2;1H3;/q-1;;;;+2. The summed E-state index contributed by atoms with van der Waals surface area (Å²) in [6, 6.07) is -7.06. The monoisotopic (exact) mass is 1130 g/mol. The van der Waals surface area contributed by atoms with Crippen molar-refractivity contribution >= 4 is 28.0 Å². The fourth-order valence-corrected chi connectivity index (χ4v) is 6.93. The molecule has 0 saturated carbocycles. The summed E-state index contributed by atoms with van der Waals surface area (Å²) >= 11 is 0. The number of halogens is 24. The summed E-state index contributed by atoms with van der Waals surface area (Å²) < 4.78 is 341. The first kappa shape index (κ1) is 65.6. The van der Waals surface area contributed by atoms with Crippen molar-refractivity contribution in [2.75, 3.05) is 14.1 Å². The molecule has 0 bridgehead atoms. The molecule has 0 aromatic heterocycles. The van der Waals surface area contributed by atoms with Gasteiger partial charge in [-0.25, -0.2) is 0 Å². The molecule has 5 radical (unpaired) electrons. The number of hydrogen-bond donors (Lipinski definition) is 0. The molecule has 0 aliphatic carbocycles. The van der Waals surface area contributed by atoms with Crippen molar-refractivity contribution in [3.8, 4) is 6.07 Å². The van der Waals surface area contributed by atoms with Crippen molar-refractivity contribution in [1.29, 1.82) is 5.26 Å². The molecule has 0 spiro atoms. The molecule has 4 aromatic rings. The van der Waals surface area contributed by atoms with Crippen LogP contribution in [0.3, 0.4) is 0 Å². The van der Waals surface area contributed by atoms with E-state index in [2.05, 4.69) is 34.4 Å². The van der Waals surface area contributed by atoms with Gasteiger partial charge >= 0.3 is 65.9 Å². The number of alkyl halides is 24. The van der Waals surface area contributed by atoms with Crippen molar-refractivity contribution in [1.82, 2.24) is 9.80 Å². The van der Waals surface area contributed by atoms with Crippen molar-refractivity contribution in [2.45, 2.75) is 70.2 Å². The first-order chi connectivity index (χ1) is 32.2. The fourth-order valence-electron chi connectivity index (χ4n) is 6.93. The van der Waals surface area contributed by atoms with Crippen LogP contribution in [0.1, 0.15) is 65.3 Å². The van der Waals surface area contributed by atoms with E-state index in [-0.39, 0.29) is 16.5 Å². The van der Waals surface area contributed by atoms with Gasteiger partial charge in [-0.2, -0.15) is 132 Å². The third-order valence-corrected chi connectivity index (χ3v) is 10.3. The summed E-state index contributed by atoms with van der Waals surface area (Å²) in [6.07, 6.45) is -53.3. The van der Waals surface area contributed by atoms with E-state index in [1.807, 2.05) is 23.9 Å². The van der Waals surface area contributed by atoms with Crippen LogP contribution in [-0.4, -0.2) is 30.0 Å². The van der Waals surface area contributed by atoms with Gasteiger partial charge in [-0.05, 0) is 58.4 Å². The van der Waals surface area contributed by atoms with E-state index in [0.717, 1.165) is 0 Å². The Balaban J connectivity index is 0.00000144. The minimum Gasteiger partial charge on any atom is -0.347 e. The number of rotatable bonds is 4. The van der Waals surface area contributed by atoms with E-state index in [1.165, 1.54) is 24.7 Å². The van der Waals surface area contributed by atoms with Crippen LogP contribution in [0.4, 0.5) is 105 Å². The summed E-state index contributed by atoms with van der Waals surface area (Å²) in [5.74, 6) is 0. The largest absolute Gasteiger partial charge is 2.00 e. The third-order valence-electron chi connectivity index (χ3n) is 10.3. The summed E-state index contributed by atoms with van der Waals surface area (Å²) in [5.41, 5.74) is -27.7. The molecule has 29 heteroatoms. The molecule has 0 fully saturated rings. The Morgan fingerprint density at radius 3 is 0.603 bits per heavy atom. The summed E-state index contributed by atoms with van der Waals surface area (Å²) in [6.45, 7) is 15.2. The Morgan fingerprint density at radius 1 is 0.397 bits per heavy atom. The van der Waals surface area contributed by atoms with Crippen LogP contribution >= 0.6 is 0 Å². The molecule has 73 heavy (non-hydrogen) atoms. The molecule has 0 saturated heterocycles. The Bertz CT molecular complexity index is 2140. The predicted molar refractivity (Wildman–Crippen MR) is 214 cm³/mol. The molecule has 403 valence electrons. The molecule has 5 rings (SSSR count). The van der Waals surface area contributed by atoms with E-state index in [0.29, 0.717) is 0 Å². The van der Waals surface area contributed by atoms with Gasteiger partial charge in [0, 0.05) is 32.4 Å².